The van der Waals surface area contributed by atoms with E-state index in [4.69, 9.17) is 19.8 Å². The number of carboxylic acids is 2. The second-order valence-corrected chi connectivity index (χ2v) is 3.78. The zero-order valence-electron chi connectivity index (χ0n) is 10.6. The van der Waals surface area contributed by atoms with Gasteiger partial charge in [0.05, 0.1) is 0 Å². The number of fused-ring (bicyclic) bond motifs is 1. The minimum atomic E-state index is -1.82. The number of aliphatic carboxylic acids is 2. The van der Waals surface area contributed by atoms with Gasteiger partial charge in [-0.3, -0.25) is 0 Å². The molecular weight excluding hydrogens is 250 g/mol. The number of pyridine rings is 1. The third-order valence-corrected chi connectivity index (χ3v) is 2.37. The van der Waals surface area contributed by atoms with Gasteiger partial charge in [0.15, 0.2) is 0 Å². The average Bonchev–Trinajstić information content (AvgIpc) is 2.68. The Morgan fingerprint density at radius 1 is 1.37 bits per heavy atom. The molecule has 0 aromatic carbocycles. The summed E-state index contributed by atoms with van der Waals surface area (Å²) in [4.78, 5) is 22.5. The Morgan fingerprint density at radius 3 is 2.53 bits per heavy atom. The van der Waals surface area contributed by atoms with E-state index in [1.54, 1.807) is 0 Å². The highest BCUT2D eigenvalue weighted by atomic mass is 16.4. The Balaban J connectivity index is 0.000000258. The molecule has 0 saturated heterocycles. The van der Waals surface area contributed by atoms with Gasteiger partial charge in [0.1, 0.15) is 5.65 Å². The maximum atomic E-state index is 9.10. The van der Waals surface area contributed by atoms with Crippen molar-refractivity contribution in [3.05, 3.63) is 30.1 Å². The van der Waals surface area contributed by atoms with Crippen LogP contribution in [0.5, 0.6) is 0 Å². The van der Waals surface area contributed by atoms with Crippen molar-refractivity contribution in [2.75, 3.05) is 7.05 Å². The Morgan fingerprint density at radius 2 is 2.00 bits per heavy atom. The number of aryl methyl sites for hydroxylation is 1. The molecule has 0 aliphatic rings. The molecule has 0 spiro atoms. The highest BCUT2D eigenvalue weighted by Gasteiger charge is 2.05. The first-order valence-electron chi connectivity index (χ1n) is 5.47. The van der Waals surface area contributed by atoms with E-state index in [2.05, 4.69) is 27.1 Å². The van der Waals surface area contributed by atoms with E-state index in [0.717, 1.165) is 12.2 Å². The predicted molar refractivity (Wildman–Crippen MR) is 68.7 cm³/mol. The van der Waals surface area contributed by atoms with Crippen molar-refractivity contribution in [3.8, 4) is 0 Å². The van der Waals surface area contributed by atoms with Crippen LogP contribution in [-0.4, -0.2) is 38.8 Å². The highest BCUT2D eigenvalue weighted by Crippen LogP contribution is 2.17. The molecule has 0 unspecified atom stereocenters. The fourth-order valence-corrected chi connectivity index (χ4v) is 1.62. The molecule has 7 heteroatoms. The van der Waals surface area contributed by atoms with Crippen LogP contribution in [0.1, 0.15) is 5.56 Å². The van der Waals surface area contributed by atoms with Gasteiger partial charge in [0.2, 0.25) is 0 Å². The van der Waals surface area contributed by atoms with Crippen LogP contribution < -0.4 is 5.32 Å². The molecule has 2 aromatic rings. The van der Waals surface area contributed by atoms with Gasteiger partial charge < -0.3 is 20.1 Å². The normalized spacial score (nSPS) is 9.79. The van der Waals surface area contributed by atoms with E-state index in [9.17, 15) is 0 Å². The summed E-state index contributed by atoms with van der Waals surface area (Å²) in [7, 11) is 3.98. The van der Waals surface area contributed by atoms with E-state index >= 15 is 0 Å². The van der Waals surface area contributed by atoms with E-state index in [1.165, 1.54) is 10.9 Å². The summed E-state index contributed by atoms with van der Waals surface area (Å²) in [5.41, 5.74) is 2.35. The topological polar surface area (TPSA) is 104 Å². The molecule has 19 heavy (non-hydrogen) atoms. The molecule has 0 fully saturated rings. The molecule has 0 saturated carbocycles. The van der Waals surface area contributed by atoms with Crippen molar-refractivity contribution in [1.82, 2.24) is 14.9 Å². The molecule has 0 aliphatic heterocycles. The molecule has 0 aliphatic carbocycles. The summed E-state index contributed by atoms with van der Waals surface area (Å²) in [6, 6.07) is 4.08. The van der Waals surface area contributed by atoms with E-state index < -0.39 is 11.9 Å². The second-order valence-electron chi connectivity index (χ2n) is 3.78. The number of nitrogens with zero attached hydrogens (tertiary/aromatic N) is 2. The van der Waals surface area contributed by atoms with Crippen LogP contribution >= 0.6 is 0 Å². The molecule has 2 heterocycles. The molecule has 0 radical (unpaired) electrons. The minimum absolute atomic E-state index is 0.892. The summed E-state index contributed by atoms with van der Waals surface area (Å²) in [5, 5.41) is 19.2. The largest absolute Gasteiger partial charge is 0.473 e. The summed E-state index contributed by atoms with van der Waals surface area (Å²) in [6.07, 6.45) is 3.94. The first kappa shape index (κ1) is 14.7. The maximum Gasteiger partial charge on any atom is 0.414 e. The first-order valence-corrected chi connectivity index (χ1v) is 5.47. The number of carboxylic acid groups (broad SMARTS) is 2. The molecule has 102 valence electrons. The third-order valence-electron chi connectivity index (χ3n) is 2.37. The van der Waals surface area contributed by atoms with Crippen LogP contribution in [0.3, 0.4) is 0 Å². The van der Waals surface area contributed by atoms with Gasteiger partial charge in [-0.2, -0.15) is 0 Å². The van der Waals surface area contributed by atoms with Crippen molar-refractivity contribution >= 4 is 23.0 Å². The summed E-state index contributed by atoms with van der Waals surface area (Å²) >= 11 is 0. The lowest BCUT2D eigenvalue weighted by molar-refractivity contribution is -0.159. The fourth-order valence-electron chi connectivity index (χ4n) is 1.62. The van der Waals surface area contributed by atoms with Gasteiger partial charge in [-0.05, 0) is 24.7 Å². The number of hydrogen-bond acceptors (Lipinski definition) is 4. The summed E-state index contributed by atoms with van der Waals surface area (Å²) in [6.45, 7) is 0.892. The van der Waals surface area contributed by atoms with Gasteiger partial charge in [0, 0.05) is 31.4 Å². The molecule has 2 aromatic heterocycles. The van der Waals surface area contributed by atoms with Crippen LogP contribution in [0, 0.1) is 0 Å². The van der Waals surface area contributed by atoms with Gasteiger partial charge in [-0.15, -0.1) is 0 Å². The Kier molecular flexibility index (Phi) is 5.01. The third kappa shape index (κ3) is 3.78. The molecule has 2 rings (SSSR count). The number of carbonyl (C=O) groups is 2. The van der Waals surface area contributed by atoms with Crippen LogP contribution in [0.4, 0.5) is 0 Å². The van der Waals surface area contributed by atoms with Crippen molar-refractivity contribution in [2.24, 2.45) is 7.05 Å². The lowest BCUT2D eigenvalue weighted by Gasteiger charge is -1.95. The van der Waals surface area contributed by atoms with Crippen LogP contribution in [0.2, 0.25) is 0 Å². The van der Waals surface area contributed by atoms with E-state index in [1.807, 2.05) is 26.4 Å². The van der Waals surface area contributed by atoms with Gasteiger partial charge >= 0.3 is 11.9 Å². The zero-order chi connectivity index (χ0) is 14.4. The molecule has 0 bridgehead atoms. The highest BCUT2D eigenvalue weighted by molar-refractivity contribution is 6.27. The van der Waals surface area contributed by atoms with Crippen molar-refractivity contribution in [2.45, 2.75) is 6.54 Å². The number of aromatic nitrogens is 2. The SMILES string of the molecule is CNCc1cn(C)c2ncccc12.O=C(O)C(=O)O. The van der Waals surface area contributed by atoms with Crippen LogP contribution in [-0.2, 0) is 23.2 Å². The Bertz CT molecular complexity index is 580. The van der Waals surface area contributed by atoms with Crippen LogP contribution in [0.15, 0.2) is 24.5 Å². The number of nitrogens with one attached hydrogen (secondary N) is 1. The Labute approximate surface area is 109 Å². The monoisotopic (exact) mass is 265 g/mol. The molecule has 3 N–H and O–H groups in total. The summed E-state index contributed by atoms with van der Waals surface area (Å²) in [5.74, 6) is -3.65. The smallest absolute Gasteiger partial charge is 0.414 e. The van der Waals surface area contributed by atoms with Gasteiger partial charge in [0.25, 0.3) is 0 Å². The molecule has 0 amide bonds. The standard InChI is InChI=1S/C10H13N3.C2H2O4/c1-11-6-8-7-13(2)10-9(8)4-3-5-12-10;3-1(4)2(5)6/h3-5,7,11H,6H2,1-2H3;(H,3,4)(H,5,6). The van der Waals surface area contributed by atoms with Crippen molar-refractivity contribution < 1.29 is 19.8 Å². The molecule has 7 nitrogen and oxygen atoms in total. The predicted octanol–water partition coefficient (Wildman–Crippen LogP) is 0.448. The fraction of sp³-hybridized carbons (Fsp3) is 0.250. The van der Waals surface area contributed by atoms with Crippen molar-refractivity contribution in [1.29, 1.82) is 0 Å². The molecular formula is C12H15N3O4. The number of hydrogen-bond donors (Lipinski definition) is 3. The quantitative estimate of drug-likeness (QED) is 0.681. The average molecular weight is 265 g/mol. The van der Waals surface area contributed by atoms with Crippen LogP contribution in [0.25, 0.3) is 11.0 Å². The van der Waals surface area contributed by atoms with Gasteiger partial charge in [-0.25, -0.2) is 14.6 Å². The van der Waals surface area contributed by atoms with Gasteiger partial charge in [-0.1, -0.05) is 0 Å². The zero-order valence-corrected chi connectivity index (χ0v) is 10.6. The van der Waals surface area contributed by atoms with E-state index in [-0.39, 0.29) is 0 Å². The second kappa shape index (κ2) is 6.50. The maximum absolute atomic E-state index is 9.10. The van der Waals surface area contributed by atoms with E-state index in [0.29, 0.717) is 0 Å². The first-order chi connectivity index (χ1) is 8.97. The molecule has 0 atom stereocenters. The number of rotatable bonds is 2. The Hall–Kier alpha value is -2.41. The summed E-state index contributed by atoms with van der Waals surface area (Å²) < 4.78 is 2.06. The lowest BCUT2D eigenvalue weighted by atomic mass is 10.2. The minimum Gasteiger partial charge on any atom is -0.473 e. The lowest BCUT2D eigenvalue weighted by Crippen LogP contribution is -2.09. The van der Waals surface area contributed by atoms with Crippen molar-refractivity contribution in [3.63, 3.8) is 0 Å².